The molecule has 2 N–H and O–H groups in total. The van der Waals surface area contributed by atoms with Crippen molar-refractivity contribution in [2.75, 3.05) is 7.11 Å². The largest absolute Gasteiger partial charge is 0.496 e. The molecule has 0 fully saturated rings. The number of hydrogen-bond acceptors (Lipinski definition) is 5. The standard InChI is InChI=1S/C13H16BrN3O2/c1-3-9(15)7-12-16-13(19-17-12)8-4-5-11(18-2)10(14)6-8/h4-6,9H,3,7,15H2,1-2H3. The van der Waals surface area contributed by atoms with E-state index in [2.05, 4.69) is 26.1 Å². The maximum absolute atomic E-state index is 5.87. The van der Waals surface area contributed by atoms with E-state index in [1.54, 1.807) is 7.11 Å². The van der Waals surface area contributed by atoms with Crippen LogP contribution in [0.5, 0.6) is 5.75 Å². The van der Waals surface area contributed by atoms with E-state index < -0.39 is 0 Å². The van der Waals surface area contributed by atoms with Crippen molar-refractivity contribution in [3.8, 4) is 17.2 Å². The van der Waals surface area contributed by atoms with Gasteiger partial charge >= 0.3 is 0 Å². The molecule has 0 amide bonds. The van der Waals surface area contributed by atoms with E-state index >= 15 is 0 Å². The third-order valence-electron chi connectivity index (χ3n) is 2.84. The molecular weight excluding hydrogens is 310 g/mol. The molecule has 1 unspecified atom stereocenters. The molecule has 102 valence electrons. The zero-order valence-electron chi connectivity index (χ0n) is 10.9. The average Bonchev–Trinajstić information content (AvgIpc) is 2.87. The van der Waals surface area contributed by atoms with E-state index in [-0.39, 0.29) is 6.04 Å². The van der Waals surface area contributed by atoms with Gasteiger partial charge in [0.15, 0.2) is 5.82 Å². The summed E-state index contributed by atoms with van der Waals surface area (Å²) in [5.41, 5.74) is 6.71. The molecule has 1 heterocycles. The number of methoxy groups -OCH3 is 1. The molecule has 0 spiro atoms. The van der Waals surface area contributed by atoms with Crippen molar-refractivity contribution in [1.29, 1.82) is 0 Å². The van der Waals surface area contributed by atoms with Gasteiger partial charge in [-0.25, -0.2) is 0 Å². The smallest absolute Gasteiger partial charge is 0.257 e. The van der Waals surface area contributed by atoms with Crippen molar-refractivity contribution in [1.82, 2.24) is 10.1 Å². The Bertz CT molecular complexity index is 557. The molecule has 0 saturated heterocycles. The minimum absolute atomic E-state index is 0.0630. The fourth-order valence-electron chi connectivity index (χ4n) is 1.63. The molecule has 1 aromatic heterocycles. The molecule has 0 aliphatic carbocycles. The fourth-order valence-corrected chi connectivity index (χ4v) is 2.17. The molecule has 2 rings (SSSR count). The zero-order valence-corrected chi connectivity index (χ0v) is 12.5. The molecule has 1 aromatic carbocycles. The highest BCUT2D eigenvalue weighted by molar-refractivity contribution is 9.10. The second-order valence-corrected chi connectivity index (χ2v) is 5.09. The van der Waals surface area contributed by atoms with Crippen molar-refractivity contribution in [3.63, 3.8) is 0 Å². The summed E-state index contributed by atoms with van der Waals surface area (Å²) in [5, 5.41) is 3.94. The molecule has 0 aliphatic heterocycles. The normalized spacial score (nSPS) is 12.4. The molecule has 0 aliphatic rings. The molecule has 6 heteroatoms. The first-order valence-corrected chi connectivity index (χ1v) is 6.85. The Kier molecular flexibility index (Phi) is 4.55. The number of ether oxygens (including phenoxy) is 1. The van der Waals surface area contributed by atoms with Crippen LogP contribution in [-0.4, -0.2) is 23.3 Å². The van der Waals surface area contributed by atoms with Crippen LogP contribution in [0.2, 0.25) is 0 Å². The summed E-state index contributed by atoms with van der Waals surface area (Å²) in [4.78, 5) is 4.35. The van der Waals surface area contributed by atoms with Crippen molar-refractivity contribution >= 4 is 15.9 Å². The lowest BCUT2D eigenvalue weighted by atomic mass is 10.1. The van der Waals surface area contributed by atoms with Crippen LogP contribution in [0.3, 0.4) is 0 Å². The van der Waals surface area contributed by atoms with E-state index in [4.69, 9.17) is 15.0 Å². The van der Waals surface area contributed by atoms with E-state index in [0.29, 0.717) is 18.1 Å². The minimum Gasteiger partial charge on any atom is -0.496 e. The Morgan fingerprint density at radius 2 is 2.26 bits per heavy atom. The Balaban J connectivity index is 2.20. The van der Waals surface area contributed by atoms with E-state index in [9.17, 15) is 0 Å². The van der Waals surface area contributed by atoms with E-state index in [1.807, 2.05) is 25.1 Å². The predicted molar refractivity (Wildman–Crippen MR) is 76.0 cm³/mol. The van der Waals surface area contributed by atoms with Gasteiger partial charge in [-0.2, -0.15) is 4.98 Å². The first kappa shape index (κ1) is 14.0. The van der Waals surface area contributed by atoms with Crippen LogP contribution in [0.1, 0.15) is 19.2 Å². The maximum Gasteiger partial charge on any atom is 0.257 e. The summed E-state index contributed by atoms with van der Waals surface area (Å²) in [6, 6.07) is 5.67. The van der Waals surface area contributed by atoms with Gasteiger partial charge in [0.05, 0.1) is 11.6 Å². The van der Waals surface area contributed by atoms with Crippen molar-refractivity contribution in [3.05, 3.63) is 28.5 Å². The first-order chi connectivity index (χ1) is 9.13. The van der Waals surface area contributed by atoms with Crippen LogP contribution >= 0.6 is 15.9 Å². The number of hydrogen-bond donors (Lipinski definition) is 1. The number of nitrogens with two attached hydrogens (primary N) is 1. The molecule has 0 saturated carbocycles. The fraction of sp³-hybridized carbons (Fsp3) is 0.385. The van der Waals surface area contributed by atoms with Gasteiger partial charge in [0, 0.05) is 18.0 Å². The highest BCUT2D eigenvalue weighted by Gasteiger charge is 2.12. The summed E-state index contributed by atoms with van der Waals surface area (Å²) in [7, 11) is 1.62. The van der Waals surface area contributed by atoms with E-state index in [0.717, 1.165) is 22.2 Å². The van der Waals surface area contributed by atoms with Crippen LogP contribution in [-0.2, 0) is 6.42 Å². The average molecular weight is 326 g/mol. The summed E-state index contributed by atoms with van der Waals surface area (Å²) in [6.07, 6.45) is 1.51. The maximum atomic E-state index is 5.87. The quantitative estimate of drug-likeness (QED) is 0.914. The van der Waals surface area contributed by atoms with Gasteiger partial charge in [-0.3, -0.25) is 0 Å². The van der Waals surface area contributed by atoms with Crippen molar-refractivity contribution in [2.24, 2.45) is 5.73 Å². The summed E-state index contributed by atoms with van der Waals surface area (Å²) >= 11 is 3.43. The summed E-state index contributed by atoms with van der Waals surface area (Å²) in [5.74, 6) is 1.88. The number of aromatic nitrogens is 2. The minimum atomic E-state index is 0.0630. The van der Waals surface area contributed by atoms with Gasteiger partial charge in [0.2, 0.25) is 0 Å². The molecule has 2 aromatic rings. The molecule has 1 atom stereocenters. The Morgan fingerprint density at radius 1 is 1.47 bits per heavy atom. The number of halogens is 1. The van der Waals surface area contributed by atoms with Gasteiger partial charge in [0.1, 0.15) is 5.75 Å². The molecule has 5 nitrogen and oxygen atoms in total. The molecular formula is C13H16BrN3O2. The molecule has 19 heavy (non-hydrogen) atoms. The van der Waals surface area contributed by atoms with Crippen molar-refractivity contribution < 1.29 is 9.26 Å². The lowest BCUT2D eigenvalue weighted by Gasteiger charge is -2.03. The molecule has 0 radical (unpaired) electrons. The Labute approximate surface area is 120 Å². The monoisotopic (exact) mass is 325 g/mol. The van der Waals surface area contributed by atoms with Gasteiger partial charge in [0.25, 0.3) is 5.89 Å². The Hall–Kier alpha value is -1.40. The van der Waals surface area contributed by atoms with Gasteiger partial charge in [-0.15, -0.1) is 0 Å². The van der Waals surface area contributed by atoms with Crippen LogP contribution < -0.4 is 10.5 Å². The van der Waals surface area contributed by atoms with Crippen LogP contribution in [0, 0.1) is 0 Å². The lowest BCUT2D eigenvalue weighted by molar-refractivity contribution is 0.411. The van der Waals surface area contributed by atoms with Gasteiger partial charge < -0.3 is 15.0 Å². The second-order valence-electron chi connectivity index (χ2n) is 4.24. The van der Waals surface area contributed by atoms with Gasteiger partial charge in [-0.05, 0) is 40.5 Å². The van der Waals surface area contributed by atoms with Crippen LogP contribution in [0.15, 0.2) is 27.2 Å². The van der Waals surface area contributed by atoms with Crippen molar-refractivity contribution in [2.45, 2.75) is 25.8 Å². The number of rotatable bonds is 5. The topological polar surface area (TPSA) is 74.2 Å². The van der Waals surface area contributed by atoms with Crippen LogP contribution in [0.25, 0.3) is 11.5 Å². The third-order valence-corrected chi connectivity index (χ3v) is 3.46. The van der Waals surface area contributed by atoms with Gasteiger partial charge in [-0.1, -0.05) is 12.1 Å². The molecule has 0 bridgehead atoms. The number of nitrogens with zero attached hydrogens (tertiary/aromatic N) is 2. The third kappa shape index (κ3) is 3.33. The van der Waals surface area contributed by atoms with Crippen LogP contribution in [0.4, 0.5) is 0 Å². The number of benzene rings is 1. The Morgan fingerprint density at radius 3 is 2.89 bits per heavy atom. The summed E-state index contributed by atoms with van der Waals surface area (Å²) < 4.78 is 11.3. The predicted octanol–water partition coefficient (Wildman–Crippen LogP) is 2.79. The SMILES string of the molecule is CCC(N)Cc1noc(-c2ccc(OC)c(Br)c2)n1. The lowest BCUT2D eigenvalue weighted by Crippen LogP contribution is -2.21. The highest BCUT2D eigenvalue weighted by atomic mass is 79.9. The highest BCUT2D eigenvalue weighted by Crippen LogP contribution is 2.29. The summed E-state index contributed by atoms with van der Waals surface area (Å²) in [6.45, 7) is 2.03. The first-order valence-electron chi connectivity index (χ1n) is 6.06. The zero-order chi connectivity index (χ0) is 13.8. The second kappa shape index (κ2) is 6.16. The van der Waals surface area contributed by atoms with E-state index in [1.165, 1.54) is 0 Å².